The molecule has 2 rings (SSSR count). The summed E-state index contributed by atoms with van der Waals surface area (Å²) in [6.07, 6.45) is 6.31. The van der Waals surface area contributed by atoms with Gasteiger partial charge in [0.25, 0.3) is 0 Å². The lowest BCUT2D eigenvalue weighted by molar-refractivity contribution is 0.0484. The molecule has 0 spiro atoms. The van der Waals surface area contributed by atoms with Crippen molar-refractivity contribution in [3.05, 3.63) is 0 Å². The highest BCUT2D eigenvalue weighted by Gasteiger charge is 2.56. The molecule has 4 nitrogen and oxygen atoms in total. The van der Waals surface area contributed by atoms with E-state index in [2.05, 4.69) is 19.2 Å². The van der Waals surface area contributed by atoms with Gasteiger partial charge >= 0.3 is 6.09 Å². The third kappa shape index (κ3) is 4.60. The first kappa shape index (κ1) is 16.6. The SMILES string of the molecule is CC(C)C1CC1(CCCC1(N)CC1)NC(=O)OC(C)(C)C. The van der Waals surface area contributed by atoms with Crippen LogP contribution in [0.2, 0.25) is 0 Å². The molecule has 2 aliphatic carbocycles. The van der Waals surface area contributed by atoms with Crippen LogP contribution < -0.4 is 11.1 Å². The first-order chi connectivity index (χ1) is 9.55. The molecule has 122 valence electrons. The van der Waals surface area contributed by atoms with E-state index in [-0.39, 0.29) is 17.2 Å². The number of ether oxygens (including phenoxy) is 1. The number of nitrogens with one attached hydrogen (secondary N) is 1. The predicted octanol–water partition coefficient (Wildman–Crippen LogP) is 3.59. The monoisotopic (exact) mass is 296 g/mol. The van der Waals surface area contributed by atoms with Gasteiger partial charge in [-0.3, -0.25) is 0 Å². The summed E-state index contributed by atoms with van der Waals surface area (Å²) in [5.74, 6) is 1.16. The minimum atomic E-state index is -0.442. The average molecular weight is 296 g/mol. The van der Waals surface area contributed by atoms with Crippen molar-refractivity contribution < 1.29 is 9.53 Å². The molecule has 2 saturated carbocycles. The van der Waals surface area contributed by atoms with E-state index in [0.717, 1.165) is 38.5 Å². The molecule has 0 bridgehead atoms. The zero-order valence-corrected chi connectivity index (χ0v) is 14.3. The lowest BCUT2D eigenvalue weighted by Crippen LogP contribution is -2.42. The molecule has 4 heteroatoms. The van der Waals surface area contributed by atoms with E-state index in [1.54, 1.807) is 0 Å². The largest absolute Gasteiger partial charge is 0.444 e. The van der Waals surface area contributed by atoms with Crippen molar-refractivity contribution in [3.63, 3.8) is 0 Å². The zero-order chi connectivity index (χ0) is 15.9. The fourth-order valence-corrected chi connectivity index (χ4v) is 3.37. The minimum Gasteiger partial charge on any atom is -0.444 e. The highest BCUT2D eigenvalue weighted by molar-refractivity contribution is 5.69. The van der Waals surface area contributed by atoms with Gasteiger partial charge in [-0.15, -0.1) is 0 Å². The highest BCUT2D eigenvalue weighted by atomic mass is 16.6. The van der Waals surface area contributed by atoms with Crippen molar-refractivity contribution in [1.29, 1.82) is 0 Å². The summed E-state index contributed by atoms with van der Waals surface area (Å²) >= 11 is 0. The number of nitrogens with two attached hydrogens (primary N) is 1. The van der Waals surface area contributed by atoms with Gasteiger partial charge in [0.2, 0.25) is 0 Å². The van der Waals surface area contributed by atoms with E-state index in [9.17, 15) is 4.79 Å². The molecule has 21 heavy (non-hydrogen) atoms. The molecule has 2 aliphatic rings. The molecule has 0 aromatic rings. The Hall–Kier alpha value is -0.770. The van der Waals surface area contributed by atoms with Crippen LogP contribution >= 0.6 is 0 Å². The van der Waals surface area contributed by atoms with E-state index >= 15 is 0 Å². The van der Waals surface area contributed by atoms with Crippen LogP contribution in [-0.4, -0.2) is 22.8 Å². The van der Waals surface area contributed by atoms with Gasteiger partial charge in [-0.1, -0.05) is 13.8 Å². The van der Waals surface area contributed by atoms with Crippen LogP contribution in [0.4, 0.5) is 4.79 Å². The number of alkyl carbamates (subject to hydrolysis) is 1. The maximum absolute atomic E-state index is 12.1. The summed E-state index contributed by atoms with van der Waals surface area (Å²) < 4.78 is 5.43. The van der Waals surface area contributed by atoms with Gasteiger partial charge in [0.1, 0.15) is 5.60 Å². The third-order valence-electron chi connectivity index (χ3n) is 4.88. The first-order valence-electron chi connectivity index (χ1n) is 8.35. The third-order valence-corrected chi connectivity index (χ3v) is 4.88. The Morgan fingerprint density at radius 2 is 1.95 bits per heavy atom. The fraction of sp³-hybridized carbons (Fsp3) is 0.941. The molecule has 0 aromatic carbocycles. The summed E-state index contributed by atoms with van der Waals surface area (Å²) in [7, 11) is 0. The van der Waals surface area contributed by atoms with Crippen LogP contribution in [0.25, 0.3) is 0 Å². The van der Waals surface area contributed by atoms with E-state index in [4.69, 9.17) is 10.5 Å². The summed E-state index contributed by atoms with van der Waals surface area (Å²) in [5.41, 5.74) is 5.77. The van der Waals surface area contributed by atoms with Gasteiger partial charge in [-0.05, 0) is 71.1 Å². The second kappa shape index (κ2) is 5.45. The van der Waals surface area contributed by atoms with Crippen LogP contribution in [0.3, 0.4) is 0 Å². The molecule has 0 aliphatic heterocycles. The molecule has 1 amide bonds. The van der Waals surface area contributed by atoms with Crippen molar-refractivity contribution in [1.82, 2.24) is 5.32 Å². The number of rotatable bonds is 6. The Balaban J connectivity index is 1.87. The maximum Gasteiger partial charge on any atom is 0.408 e. The number of amides is 1. The quantitative estimate of drug-likeness (QED) is 0.787. The standard InChI is InChI=1S/C17H32N2O2/c1-12(2)13-11-17(13,8-6-7-16(18)9-10-16)19-14(20)21-15(3,4)5/h12-13H,6-11,18H2,1-5H3,(H,19,20). The predicted molar refractivity (Wildman–Crippen MR) is 85.0 cm³/mol. The van der Waals surface area contributed by atoms with Gasteiger partial charge < -0.3 is 15.8 Å². The summed E-state index contributed by atoms with van der Waals surface area (Å²) in [6.45, 7) is 10.2. The van der Waals surface area contributed by atoms with Gasteiger partial charge in [-0.25, -0.2) is 4.79 Å². The lowest BCUT2D eigenvalue weighted by atomic mass is 9.97. The van der Waals surface area contributed by atoms with Crippen LogP contribution in [-0.2, 0) is 4.74 Å². The van der Waals surface area contributed by atoms with Crippen molar-refractivity contribution in [3.8, 4) is 0 Å². The molecule has 2 fully saturated rings. The summed E-state index contributed by atoms with van der Waals surface area (Å²) in [6, 6.07) is 0. The Morgan fingerprint density at radius 3 is 2.38 bits per heavy atom. The van der Waals surface area contributed by atoms with E-state index in [1.807, 2.05) is 20.8 Å². The van der Waals surface area contributed by atoms with Crippen molar-refractivity contribution in [2.75, 3.05) is 0 Å². The maximum atomic E-state index is 12.1. The molecule has 0 saturated heterocycles. The smallest absolute Gasteiger partial charge is 0.408 e. The van der Waals surface area contributed by atoms with Crippen molar-refractivity contribution >= 4 is 6.09 Å². The average Bonchev–Trinajstić information content (AvgIpc) is 3.15. The highest BCUT2D eigenvalue weighted by Crippen LogP contribution is 2.52. The molecule has 2 atom stereocenters. The van der Waals surface area contributed by atoms with E-state index in [0.29, 0.717) is 11.8 Å². The summed E-state index contributed by atoms with van der Waals surface area (Å²) in [5, 5.41) is 3.16. The van der Waals surface area contributed by atoms with Crippen LogP contribution in [0.15, 0.2) is 0 Å². The molecule has 3 N–H and O–H groups in total. The van der Waals surface area contributed by atoms with Gasteiger partial charge in [0, 0.05) is 11.1 Å². The Kier molecular flexibility index (Phi) is 4.31. The number of carbonyl (C=O) groups excluding carboxylic acids is 1. The van der Waals surface area contributed by atoms with Crippen molar-refractivity contribution in [2.24, 2.45) is 17.6 Å². The minimum absolute atomic E-state index is 0.0538. The molecule has 0 aromatic heterocycles. The Labute approximate surface area is 129 Å². The first-order valence-corrected chi connectivity index (χ1v) is 8.35. The topological polar surface area (TPSA) is 64.3 Å². The number of hydrogen-bond acceptors (Lipinski definition) is 3. The Morgan fingerprint density at radius 1 is 1.33 bits per heavy atom. The second-order valence-corrected chi connectivity index (χ2v) is 8.55. The van der Waals surface area contributed by atoms with Crippen LogP contribution in [0, 0.1) is 11.8 Å². The fourth-order valence-electron chi connectivity index (χ4n) is 3.37. The second-order valence-electron chi connectivity index (χ2n) is 8.55. The van der Waals surface area contributed by atoms with E-state index in [1.165, 1.54) is 0 Å². The van der Waals surface area contributed by atoms with Gasteiger partial charge in [-0.2, -0.15) is 0 Å². The Bertz CT molecular complexity index is 396. The normalized spacial score (nSPS) is 30.1. The van der Waals surface area contributed by atoms with Gasteiger partial charge in [0.05, 0.1) is 0 Å². The van der Waals surface area contributed by atoms with Gasteiger partial charge in [0.15, 0.2) is 0 Å². The lowest BCUT2D eigenvalue weighted by Gasteiger charge is -2.25. The van der Waals surface area contributed by atoms with Crippen molar-refractivity contribution in [2.45, 2.75) is 89.8 Å². The molecular weight excluding hydrogens is 264 g/mol. The number of hydrogen-bond donors (Lipinski definition) is 2. The summed E-state index contributed by atoms with van der Waals surface area (Å²) in [4.78, 5) is 12.1. The molecule has 0 heterocycles. The molecule has 2 unspecified atom stereocenters. The van der Waals surface area contributed by atoms with Crippen LogP contribution in [0.5, 0.6) is 0 Å². The van der Waals surface area contributed by atoms with Crippen LogP contribution in [0.1, 0.15) is 73.1 Å². The molecular formula is C17H32N2O2. The zero-order valence-electron chi connectivity index (χ0n) is 14.3. The van der Waals surface area contributed by atoms with E-state index < -0.39 is 5.60 Å². The molecule has 0 radical (unpaired) electrons. The number of carbonyl (C=O) groups is 1.